The van der Waals surface area contributed by atoms with Gasteiger partial charge in [0.1, 0.15) is 5.60 Å². The van der Waals surface area contributed by atoms with E-state index >= 15 is 0 Å². The summed E-state index contributed by atoms with van der Waals surface area (Å²) in [6.07, 6.45) is 2.26. The van der Waals surface area contributed by atoms with Crippen LogP contribution in [0.3, 0.4) is 0 Å². The van der Waals surface area contributed by atoms with Crippen LogP contribution in [0.4, 0.5) is 0 Å². The predicted octanol–water partition coefficient (Wildman–Crippen LogP) is 5.85. The third-order valence-corrected chi connectivity index (χ3v) is 9.46. The second kappa shape index (κ2) is 3.52. The largest absolute Gasteiger partial charge is 0.379 e. The monoisotopic (exact) mass is 372 g/mol. The van der Waals surface area contributed by atoms with E-state index in [0.717, 1.165) is 12.8 Å². The average Bonchev–Trinajstić information content (AvgIpc) is 2.72. The molecule has 29 heavy (non-hydrogen) atoms. The molecule has 4 aromatic carbocycles. The molecule has 0 atom stereocenters. The summed E-state index contributed by atoms with van der Waals surface area (Å²) in [5.74, 6) is 0. The zero-order valence-electron chi connectivity index (χ0n) is 16.8. The molecule has 1 heteroatoms. The van der Waals surface area contributed by atoms with Crippen LogP contribution in [0.1, 0.15) is 64.3 Å². The van der Waals surface area contributed by atoms with Gasteiger partial charge in [-0.1, -0.05) is 25.5 Å². The molecule has 0 aliphatic heterocycles. The molecule has 0 amide bonds. The van der Waals surface area contributed by atoms with E-state index in [4.69, 9.17) is 0 Å². The highest BCUT2D eigenvalue weighted by Gasteiger charge is 2.83. The first kappa shape index (κ1) is 14.4. The van der Waals surface area contributed by atoms with Crippen molar-refractivity contribution in [2.24, 2.45) is 0 Å². The van der Waals surface area contributed by atoms with Crippen LogP contribution in [0.5, 0.6) is 0 Å². The quantitative estimate of drug-likeness (QED) is 0.468. The van der Waals surface area contributed by atoms with E-state index in [1.807, 2.05) is 0 Å². The van der Waals surface area contributed by atoms with Crippen LogP contribution in [0, 0.1) is 13.8 Å². The molecule has 0 saturated carbocycles. The van der Waals surface area contributed by atoms with Crippen LogP contribution in [-0.4, -0.2) is 5.11 Å². The maximum Gasteiger partial charge on any atom is 0.132 e. The Hall–Kier alpha value is -2.64. The summed E-state index contributed by atoms with van der Waals surface area (Å²) in [4.78, 5) is 0. The molecular weight excluding hydrogens is 352 g/mol. The third-order valence-electron chi connectivity index (χ3n) is 9.46. The lowest BCUT2D eigenvalue weighted by atomic mass is 9.29. The number of benzene rings is 4. The highest BCUT2D eigenvalue weighted by Crippen LogP contribution is 2.84. The highest BCUT2D eigenvalue weighted by atomic mass is 16.3. The first-order valence-electron chi connectivity index (χ1n) is 11.0. The Morgan fingerprint density at radius 1 is 0.724 bits per heavy atom. The summed E-state index contributed by atoms with van der Waals surface area (Å²) < 4.78 is 0. The van der Waals surface area contributed by atoms with Gasteiger partial charge < -0.3 is 5.11 Å². The molecule has 0 radical (unpaired) electrons. The predicted molar refractivity (Wildman–Crippen MR) is 116 cm³/mol. The van der Waals surface area contributed by atoms with Gasteiger partial charge in [-0.15, -0.1) is 0 Å². The maximum atomic E-state index is 13.1. The van der Waals surface area contributed by atoms with Gasteiger partial charge >= 0.3 is 0 Å². The van der Waals surface area contributed by atoms with Gasteiger partial charge in [0, 0.05) is 16.5 Å². The van der Waals surface area contributed by atoms with Crippen molar-refractivity contribution >= 4 is 21.5 Å². The smallest absolute Gasteiger partial charge is 0.132 e. The topological polar surface area (TPSA) is 20.2 Å². The second-order valence-corrected chi connectivity index (χ2v) is 10.2. The zero-order valence-corrected chi connectivity index (χ0v) is 16.8. The number of hydrogen-bond acceptors (Lipinski definition) is 1. The molecule has 0 aromatic heterocycles. The van der Waals surface area contributed by atoms with Gasteiger partial charge in [0.2, 0.25) is 0 Å². The van der Waals surface area contributed by atoms with Crippen LogP contribution in [0.25, 0.3) is 32.7 Å². The Morgan fingerprint density at radius 3 is 1.72 bits per heavy atom. The fraction of sp³-hybridized carbons (Fsp3) is 0.286. The van der Waals surface area contributed by atoms with Crippen molar-refractivity contribution in [3.05, 3.63) is 80.9 Å². The molecule has 1 nitrogen and oxygen atoms in total. The summed E-state index contributed by atoms with van der Waals surface area (Å²) in [5, 5.41) is 18.3. The van der Waals surface area contributed by atoms with Crippen molar-refractivity contribution in [2.75, 3.05) is 0 Å². The molecule has 7 aliphatic carbocycles. The van der Waals surface area contributed by atoms with Crippen LogP contribution >= 0.6 is 0 Å². The Bertz CT molecular complexity index is 1490. The van der Waals surface area contributed by atoms with Crippen molar-refractivity contribution in [3.63, 3.8) is 0 Å². The number of fused-ring (bicyclic) bond motifs is 1. The molecule has 11 bridgehead atoms. The van der Waals surface area contributed by atoms with Gasteiger partial charge in [-0.25, -0.2) is 0 Å². The molecule has 0 heterocycles. The first-order chi connectivity index (χ1) is 14.0. The fourth-order valence-corrected chi connectivity index (χ4v) is 8.96. The Kier molecular flexibility index (Phi) is 1.74. The third kappa shape index (κ3) is 0.909. The SMILES string of the molecule is CCCC12c3cc4c5c6c(C)cc4cc3C13c1cc4cc(C)c-6c(c4cc12)C53O. The van der Waals surface area contributed by atoms with E-state index in [-0.39, 0.29) is 10.8 Å². The molecule has 4 aromatic rings. The first-order valence-corrected chi connectivity index (χ1v) is 11.0. The summed E-state index contributed by atoms with van der Waals surface area (Å²) in [5.41, 5.74) is 12.2. The van der Waals surface area contributed by atoms with Crippen LogP contribution in [0.15, 0.2) is 36.4 Å². The molecule has 11 rings (SSSR count). The molecule has 138 valence electrons. The van der Waals surface area contributed by atoms with E-state index < -0.39 is 5.60 Å². The van der Waals surface area contributed by atoms with Gasteiger partial charge in [-0.2, -0.15) is 0 Å². The molecule has 1 N–H and O–H groups in total. The van der Waals surface area contributed by atoms with Crippen LogP contribution in [-0.2, 0) is 16.4 Å². The van der Waals surface area contributed by atoms with Crippen molar-refractivity contribution in [3.8, 4) is 11.1 Å². The normalized spacial score (nSPS) is 31.4. The second-order valence-electron chi connectivity index (χ2n) is 10.2. The van der Waals surface area contributed by atoms with Crippen molar-refractivity contribution in [1.29, 1.82) is 0 Å². The van der Waals surface area contributed by atoms with E-state index in [1.54, 1.807) is 0 Å². The minimum absolute atomic E-state index is 0.0116. The van der Waals surface area contributed by atoms with Gasteiger partial charge in [-0.3, -0.25) is 0 Å². The Balaban J connectivity index is 1.71. The van der Waals surface area contributed by atoms with Crippen LogP contribution < -0.4 is 0 Å². The molecule has 1 spiro atoms. The van der Waals surface area contributed by atoms with Crippen molar-refractivity contribution in [2.45, 2.75) is 50.0 Å². The molecule has 7 aliphatic rings. The fourth-order valence-electron chi connectivity index (χ4n) is 8.96. The highest BCUT2D eigenvalue weighted by molar-refractivity contribution is 6.12. The summed E-state index contributed by atoms with van der Waals surface area (Å²) >= 11 is 0. The minimum Gasteiger partial charge on any atom is -0.379 e. The summed E-state index contributed by atoms with van der Waals surface area (Å²) in [7, 11) is 0. The summed E-state index contributed by atoms with van der Waals surface area (Å²) in [6.45, 7) is 6.77. The van der Waals surface area contributed by atoms with Crippen molar-refractivity contribution in [1.82, 2.24) is 0 Å². The Morgan fingerprint density at radius 2 is 1.24 bits per heavy atom. The average molecular weight is 372 g/mol. The van der Waals surface area contributed by atoms with E-state index in [0.29, 0.717) is 0 Å². The maximum absolute atomic E-state index is 13.1. The van der Waals surface area contributed by atoms with Gasteiger partial charge in [-0.05, 0) is 111 Å². The lowest BCUT2D eigenvalue weighted by Crippen LogP contribution is -2.74. The molecule has 0 fully saturated rings. The standard InChI is InChI=1S/C28H20O/c1-4-5-26-18-10-16-14-6-12(2)22-23-13(3)7-15-9-21-19(26)11-17(15)25(23)28(29,24(16)22)27(21,26)20(18)8-14/h6-11,29H,4-5H2,1-3H3. The van der Waals surface area contributed by atoms with Gasteiger partial charge in [0.05, 0.1) is 5.41 Å². The lowest BCUT2D eigenvalue weighted by molar-refractivity contribution is -0.0524. The molecule has 0 unspecified atom stereocenters. The molecular formula is C28H20O. The van der Waals surface area contributed by atoms with Crippen molar-refractivity contribution < 1.29 is 5.11 Å². The Labute approximate surface area is 169 Å². The molecule has 0 saturated heterocycles. The van der Waals surface area contributed by atoms with E-state index in [2.05, 4.69) is 57.2 Å². The van der Waals surface area contributed by atoms with Crippen LogP contribution in [0.2, 0.25) is 0 Å². The number of aliphatic hydroxyl groups is 1. The number of rotatable bonds is 2. The van der Waals surface area contributed by atoms with Gasteiger partial charge in [0.25, 0.3) is 0 Å². The zero-order chi connectivity index (χ0) is 19.2. The number of hydrogen-bond donors (Lipinski definition) is 1. The van der Waals surface area contributed by atoms with Gasteiger partial charge in [0.15, 0.2) is 0 Å². The van der Waals surface area contributed by atoms with E-state index in [1.165, 1.54) is 77.2 Å². The summed E-state index contributed by atoms with van der Waals surface area (Å²) in [6, 6.07) is 14.5. The minimum atomic E-state index is -0.934. The number of aryl methyl sites for hydroxylation is 2. The van der Waals surface area contributed by atoms with E-state index in [9.17, 15) is 5.11 Å². The lowest BCUT2D eigenvalue weighted by Gasteiger charge is -2.72.